The predicted molar refractivity (Wildman–Crippen MR) is 203 cm³/mol. The third kappa shape index (κ3) is 8.33. The van der Waals surface area contributed by atoms with Crippen LogP contribution in [0.3, 0.4) is 0 Å². The zero-order chi connectivity index (χ0) is 40.6. The lowest BCUT2D eigenvalue weighted by Gasteiger charge is -2.46. The third-order valence-corrected chi connectivity index (χ3v) is 11.5. The molecule has 3 amide bonds. The fourth-order valence-electron chi connectivity index (χ4n) is 8.04. The average Bonchev–Trinajstić information content (AvgIpc) is 3.77. The number of nitrogens with zero attached hydrogens (tertiary/aromatic N) is 7. The maximum Gasteiger partial charge on any atom is 0.359 e. The molecule has 2 aromatic carbocycles. The number of halogens is 4. The number of nitrogens with one attached hydrogen (secondary N) is 2. The van der Waals surface area contributed by atoms with E-state index in [1.807, 2.05) is 0 Å². The van der Waals surface area contributed by atoms with Crippen LogP contribution in [0.4, 0.5) is 24.5 Å². The van der Waals surface area contributed by atoms with Crippen molar-refractivity contribution in [3.8, 4) is 16.9 Å². The molecule has 0 radical (unpaired) electrons. The second-order valence-electron chi connectivity index (χ2n) is 15.0. The van der Waals surface area contributed by atoms with Gasteiger partial charge in [0.1, 0.15) is 11.4 Å². The number of nitrogen functional groups attached to an aromatic ring is 1. The van der Waals surface area contributed by atoms with E-state index in [-0.39, 0.29) is 69.0 Å². The molecule has 2 aromatic heterocycles. The van der Waals surface area contributed by atoms with Crippen LogP contribution in [0, 0.1) is 17.7 Å². The van der Waals surface area contributed by atoms with E-state index in [9.17, 15) is 37.5 Å². The molecule has 5 heterocycles. The summed E-state index contributed by atoms with van der Waals surface area (Å²) in [6, 6.07) is 8.20. The van der Waals surface area contributed by atoms with E-state index in [1.165, 1.54) is 54.3 Å². The van der Waals surface area contributed by atoms with Crippen LogP contribution in [0.5, 0.6) is 0 Å². The molecular weight excluding hydrogens is 769 g/mol. The van der Waals surface area contributed by atoms with Crippen LogP contribution in [0.1, 0.15) is 45.9 Å². The first-order valence-electron chi connectivity index (χ1n) is 18.6. The van der Waals surface area contributed by atoms with Crippen molar-refractivity contribution in [3.05, 3.63) is 76.7 Å². The molecule has 15 nitrogen and oxygen atoms in total. The number of aliphatic carboxylic acids is 1. The lowest BCUT2D eigenvalue weighted by Crippen LogP contribution is -2.62. The van der Waals surface area contributed by atoms with Crippen molar-refractivity contribution in [1.29, 1.82) is 0 Å². The predicted octanol–water partition coefficient (Wildman–Crippen LogP) is 3.65. The second kappa shape index (κ2) is 16.2. The Morgan fingerprint density at radius 2 is 1.75 bits per heavy atom. The highest BCUT2D eigenvalue weighted by Crippen LogP contribution is 2.33. The highest BCUT2D eigenvalue weighted by molar-refractivity contribution is 6.34. The van der Waals surface area contributed by atoms with Crippen molar-refractivity contribution in [1.82, 2.24) is 34.4 Å². The number of piperidine rings is 1. The minimum atomic E-state index is -3.02. The maximum absolute atomic E-state index is 14.6. The summed E-state index contributed by atoms with van der Waals surface area (Å²) in [6.07, 6.45) is 0.700. The number of amides is 3. The number of carboxylic acids is 1. The maximum atomic E-state index is 14.6. The number of hydrogen-bond donors (Lipinski definition) is 4. The van der Waals surface area contributed by atoms with Crippen molar-refractivity contribution in [2.45, 2.75) is 19.3 Å². The molecule has 19 heteroatoms. The standard InChI is InChI=1S/C38H42ClF3N10O5/c1-48-31(27-19-51(47-33(27)34(41)42)30-5-2-24(43)14-29(30)40)18-45-35(48)36(55)46-25-3-4-26(28(39)15-25)38(57)50-10-8-49(9-11-50)37(56)23-6-12-52(13-7-23,21-32(53)54)20-22-16-44-17-22/h2-5,14-15,18-19,22-23,34,44H,6-13,16-17,20-21,43H2,1H3,(H-,46,53,54,55,57)/p+1. The second-order valence-corrected chi connectivity index (χ2v) is 15.4. The van der Waals surface area contributed by atoms with Crippen LogP contribution < -0.4 is 16.4 Å². The number of carbonyl (C=O) groups excluding carboxylic acids is 3. The summed E-state index contributed by atoms with van der Waals surface area (Å²) < 4.78 is 45.5. The van der Waals surface area contributed by atoms with Gasteiger partial charge in [-0.3, -0.25) is 14.4 Å². The monoisotopic (exact) mass is 811 g/mol. The zero-order valence-electron chi connectivity index (χ0n) is 31.1. The van der Waals surface area contributed by atoms with Crippen molar-refractivity contribution in [3.63, 3.8) is 0 Å². The molecule has 0 aliphatic carbocycles. The number of anilines is 2. The van der Waals surface area contributed by atoms with Gasteiger partial charge >= 0.3 is 5.97 Å². The molecule has 0 unspecified atom stereocenters. The topological polar surface area (TPSA) is 181 Å². The van der Waals surface area contributed by atoms with Crippen molar-refractivity contribution in [2.24, 2.45) is 18.9 Å². The SMILES string of the molecule is Cn1c(-c2cn(-c3ccc(N)cc3F)nc2C(F)F)cnc1C(=O)Nc1ccc(C(=O)N2CCN(C(=O)C3CC[N+](CC(=O)O)(CC4CNC4)CC3)CC2)c(Cl)c1. The smallest absolute Gasteiger partial charge is 0.359 e. The molecule has 3 aliphatic rings. The quantitative estimate of drug-likeness (QED) is 0.130. The first-order valence-corrected chi connectivity index (χ1v) is 19.0. The number of aromatic nitrogens is 4. The number of nitrogens with two attached hydrogens (primary N) is 1. The summed E-state index contributed by atoms with van der Waals surface area (Å²) in [7, 11) is 1.46. The number of likely N-dealkylation sites (tertiary alicyclic amines) is 1. The zero-order valence-corrected chi connectivity index (χ0v) is 31.9. The Morgan fingerprint density at radius 1 is 1.05 bits per heavy atom. The number of benzene rings is 2. The Bertz CT molecular complexity index is 2190. The van der Waals surface area contributed by atoms with Gasteiger partial charge in [0.15, 0.2) is 18.2 Å². The number of hydrogen-bond acceptors (Lipinski definition) is 8. The molecule has 0 atom stereocenters. The lowest BCUT2D eigenvalue weighted by atomic mass is 9.90. The highest BCUT2D eigenvalue weighted by Gasteiger charge is 2.42. The minimum Gasteiger partial charge on any atom is -0.477 e. The Kier molecular flexibility index (Phi) is 11.3. The number of rotatable bonds is 11. The first kappa shape index (κ1) is 39.8. The summed E-state index contributed by atoms with van der Waals surface area (Å²) in [4.78, 5) is 59.5. The van der Waals surface area contributed by atoms with Crippen molar-refractivity contribution >= 4 is 46.7 Å². The van der Waals surface area contributed by atoms with Gasteiger partial charge in [0.2, 0.25) is 5.91 Å². The molecule has 0 bridgehead atoms. The molecule has 5 N–H and O–H groups in total. The van der Waals surface area contributed by atoms with Crippen LogP contribution in [-0.2, 0) is 16.6 Å². The summed E-state index contributed by atoms with van der Waals surface area (Å²) in [5.74, 6) is -2.40. The fourth-order valence-corrected chi connectivity index (χ4v) is 8.30. The Hall–Kier alpha value is -5.46. The summed E-state index contributed by atoms with van der Waals surface area (Å²) in [5.41, 5.74) is 5.58. The van der Waals surface area contributed by atoms with E-state index in [2.05, 4.69) is 20.7 Å². The highest BCUT2D eigenvalue weighted by atomic mass is 35.5. The number of alkyl halides is 2. The van der Waals surface area contributed by atoms with Gasteiger partial charge in [0.05, 0.1) is 42.1 Å². The normalized spacial score (nSPS) is 20.1. The molecule has 7 rings (SSSR count). The van der Waals surface area contributed by atoms with Gasteiger partial charge in [-0.2, -0.15) is 5.10 Å². The Morgan fingerprint density at radius 3 is 2.37 bits per heavy atom. The van der Waals surface area contributed by atoms with Gasteiger partial charge in [-0.05, 0) is 36.4 Å². The molecule has 57 heavy (non-hydrogen) atoms. The van der Waals surface area contributed by atoms with Crippen LogP contribution in [-0.4, -0.2) is 128 Å². The number of carbonyl (C=O) groups is 4. The molecular formula is C38H43ClF3N10O5+. The van der Waals surface area contributed by atoms with E-state index in [0.717, 1.165) is 30.4 Å². The first-order chi connectivity index (χ1) is 27.2. The van der Waals surface area contributed by atoms with E-state index in [4.69, 9.17) is 17.3 Å². The summed E-state index contributed by atoms with van der Waals surface area (Å²) in [5, 5.41) is 19.5. The largest absolute Gasteiger partial charge is 0.477 e. The summed E-state index contributed by atoms with van der Waals surface area (Å²) >= 11 is 6.55. The van der Waals surface area contributed by atoms with Gasteiger partial charge in [0, 0.05) is 94.1 Å². The van der Waals surface area contributed by atoms with Gasteiger partial charge in [-0.15, -0.1) is 0 Å². The van der Waals surface area contributed by atoms with E-state index >= 15 is 0 Å². The molecule has 302 valence electrons. The number of carboxylic acid groups (broad SMARTS) is 1. The minimum absolute atomic E-state index is 0.0385. The molecule has 3 aliphatic heterocycles. The van der Waals surface area contributed by atoms with Crippen LogP contribution in [0.2, 0.25) is 5.02 Å². The molecule has 0 saturated carbocycles. The molecule has 3 fully saturated rings. The van der Waals surface area contributed by atoms with Gasteiger partial charge < -0.3 is 40.3 Å². The van der Waals surface area contributed by atoms with E-state index in [1.54, 1.807) is 9.80 Å². The molecule has 4 aromatic rings. The number of piperazine rings is 1. The van der Waals surface area contributed by atoms with Crippen molar-refractivity contribution in [2.75, 3.05) is 76.5 Å². The van der Waals surface area contributed by atoms with Crippen molar-refractivity contribution < 1.29 is 41.9 Å². The third-order valence-electron chi connectivity index (χ3n) is 11.2. The lowest BCUT2D eigenvalue weighted by molar-refractivity contribution is -0.929. The molecule has 3 saturated heterocycles. The number of imidazole rings is 1. The Labute approximate surface area is 330 Å². The van der Waals surface area contributed by atoms with Gasteiger partial charge in [-0.25, -0.2) is 27.6 Å². The van der Waals surface area contributed by atoms with E-state index < -0.39 is 29.8 Å². The Balaban J connectivity index is 0.952. The van der Waals surface area contributed by atoms with E-state index in [0.29, 0.717) is 62.5 Å². The van der Waals surface area contributed by atoms with Crippen LogP contribution >= 0.6 is 11.6 Å². The number of quaternary nitrogens is 1. The van der Waals surface area contributed by atoms with Gasteiger partial charge in [0.25, 0.3) is 18.2 Å². The van der Waals surface area contributed by atoms with Gasteiger partial charge in [-0.1, -0.05) is 11.6 Å². The van der Waals surface area contributed by atoms with Crippen LogP contribution in [0.25, 0.3) is 16.9 Å². The molecule has 0 spiro atoms. The fraction of sp³-hybridized carbons (Fsp3) is 0.421. The summed E-state index contributed by atoms with van der Waals surface area (Å²) in [6.45, 7) is 5.31. The average molecular weight is 812 g/mol. The van der Waals surface area contributed by atoms with Crippen LogP contribution in [0.15, 0.2) is 48.8 Å².